The summed E-state index contributed by atoms with van der Waals surface area (Å²) >= 11 is 0. The molecule has 1 aliphatic heterocycles. The standard InChI is InChI=1S/C19H30N2O/c1-5-18(6-2)20-9-11-21(12-10-20)19(22)14-17-8-7-15(3)16(4)13-17/h7-8,13,18H,5-6,9-12,14H2,1-4H3. The lowest BCUT2D eigenvalue weighted by atomic mass is 10.0. The van der Waals surface area contributed by atoms with Crippen LogP contribution in [0.2, 0.25) is 0 Å². The largest absolute Gasteiger partial charge is 0.340 e. The van der Waals surface area contributed by atoms with E-state index in [0.717, 1.165) is 31.7 Å². The summed E-state index contributed by atoms with van der Waals surface area (Å²) in [6.45, 7) is 12.5. The first-order chi connectivity index (χ1) is 10.5. The van der Waals surface area contributed by atoms with Crippen LogP contribution in [0.1, 0.15) is 43.4 Å². The van der Waals surface area contributed by atoms with Crippen molar-refractivity contribution < 1.29 is 4.79 Å². The van der Waals surface area contributed by atoms with E-state index in [4.69, 9.17) is 0 Å². The van der Waals surface area contributed by atoms with Gasteiger partial charge in [0.2, 0.25) is 5.91 Å². The van der Waals surface area contributed by atoms with E-state index < -0.39 is 0 Å². The highest BCUT2D eigenvalue weighted by Gasteiger charge is 2.24. The summed E-state index contributed by atoms with van der Waals surface area (Å²) in [6.07, 6.45) is 2.94. The molecule has 2 rings (SSSR count). The maximum absolute atomic E-state index is 12.5. The van der Waals surface area contributed by atoms with Gasteiger partial charge in [-0.15, -0.1) is 0 Å². The highest BCUT2D eigenvalue weighted by molar-refractivity contribution is 5.79. The number of rotatable bonds is 5. The van der Waals surface area contributed by atoms with Gasteiger partial charge in [0.05, 0.1) is 6.42 Å². The molecular weight excluding hydrogens is 272 g/mol. The van der Waals surface area contributed by atoms with Gasteiger partial charge in [-0.3, -0.25) is 9.69 Å². The van der Waals surface area contributed by atoms with Crippen molar-refractivity contribution in [3.8, 4) is 0 Å². The van der Waals surface area contributed by atoms with Crippen LogP contribution < -0.4 is 0 Å². The summed E-state index contributed by atoms with van der Waals surface area (Å²) in [7, 11) is 0. The molecule has 22 heavy (non-hydrogen) atoms. The molecule has 1 fully saturated rings. The van der Waals surface area contributed by atoms with Crippen LogP contribution in [0.5, 0.6) is 0 Å². The van der Waals surface area contributed by atoms with Gasteiger partial charge in [0.1, 0.15) is 0 Å². The molecule has 0 saturated carbocycles. The van der Waals surface area contributed by atoms with Gasteiger partial charge in [0, 0.05) is 32.2 Å². The molecule has 3 heteroatoms. The molecule has 0 atom stereocenters. The number of hydrogen-bond acceptors (Lipinski definition) is 2. The molecular formula is C19H30N2O. The van der Waals surface area contributed by atoms with Crippen molar-refractivity contribution in [1.29, 1.82) is 0 Å². The quantitative estimate of drug-likeness (QED) is 0.834. The molecule has 1 heterocycles. The van der Waals surface area contributed by atoms with Gasteiger partial charge in [-0.25, -0.2) is 0 Å². The molecule has 122 valence electrons. The lowest BCUT2D eigenvalue weighted by Gasteiger charge is -2.39. The molecule has 0 unspecified atom stereocenters. The van der Waals surface area contributed by atoms with E-state index in [9.17, 15) is 4.79 Å². The Balaban J connectivity index is 1.88. The average molecular weight is 302 g/mol. The van der Waals surface area contributed by atoms with E-state index in [1.165, 1.54) is 24.0 Å². The van der Waals surface area contributed by atoms with Gasteiger partial charge in [-0.05, 0) is 43.4 Å². The molecule has 1 saturated heterocycles. The van der Waals surface area contributed by atoms with E-state index in [0.29, 0.717) is 12.5 Å². The number of hydrogen-bond donors (Lipinski definition) is 0. The summed E-state index contributed by atoms with van der Waals surface area (Å²) < 4.78 is 0. The van der Waals surface area contributed by atoms with E-state index in [2.05, 4.69) is 50.8 Å². The van der Waals surface area contributed by atoms with Crippen LogP contribution in [0.3, 0.4) is 0 Å². The fourth-order valence-electron chi connectivity index (χ4n) is 3.34. The smallest absolute Gasteiger partial charge is 0.227 e. The SMILES string of the molecule is CCC(CC)N1CCN(C(=O)Cc2ccc(C)c(C)c2)CC1. The van der Waals surface area contributed by atoms with Crippen LogP contribution >= 0.6 is 0 Å². The molecule has 1 aromatic carbocycles. The Labute approximate surface area is 135 Å². The summed E-state index contributed by atoms with van der Waals surface area (Å²) in [5, 5.41) is 0. The minimum Gasteiger partial charge on any atom is -0.340 e. The highest BCUT2D eigenvalue weighted by atomic mass is 16.2. The maximum atomic E-state index is 12.5. The first-order valence-corrected chi connectivity index (χ1v) is 8.63. The third kappa shape index (κ3) is 4.10. The average Bonchev–Trinajstić information content (AvgIpc) is 2.53. The van der Waals surface area contributed by atoms with E-state index in [1.54, 1.807) is 0 Å². The molecule has 1 amide bonds. The Morgan fingerprint density at radius 1 is 1.05 bits per heavy atom. The molecule has 0 aliphatic carbocycles. The van der Waals surface area contributed by atoms with Crippen molar-refractivity contribution in [2.45, 2.75) is 53.0 Å². The van der Waals surface area contributed by atoms with Gasteiger partial charge in [-0.2, -0.15) is 0 Å². The second-order valence-corrected chi connectivity index (χ2v) is 6.48. The number of carbonyl (C=O) groups is 1. The Morgan fingerprint density at radius 2 is 1.68 bits per heavy atom. The van der Waals surface area contributed by atoms with Gasteiger partial charge in [0.15, 0.2) is 0 Å². The monoisotopic (exact) mass is 302 g/mol. The Hall–Kier alpha value is -1.35. The molecule has 0 radical (unpaired) electrons. The van der Waals surface area contributed by atoms with Crippen LogP contribution in [0, 0.1) is 13.8 Å². The molecule has 0 N–H and O–H groups in total. The third-order valence-electron chi connectivity index (χ3n) is 5.05. The number of benzene rings is 1. The van der Waals surface area contributed by atoms with E-state index >= 15 is 0 Å². The number of amides is 1. The van der Waals surface area contributed by atoms with Gasteiger partial charge < -0.3 is 4.90 Å². The Morgan fingerprint density at radius 3 is 2.23 bits per heavy atom. The van der Waals surface area contributed by atoms with Crippen molar-refractivity contribution in [2.75, 3.05) is 26.2 Å². The van der Waals surface area contributed by atoms with E-state index in [1.807, 2.05) is 4.90 Å². The first kappa shape index (κ1) is 17.0. The van der Waals surface area contributed by atoms with Crippen LogP contribution in [-0.2, 0) is 11.2 Å². The fraction of sp³-hybridized carbons (Fsp3) is 0.632. The molecule has 0 spiro atoms. The first-order valence-electron chi connectivity index (χ1n) is 8.63. The van der Waals surface area contributed by atoms with Crippen LogP contribution in [0.25, 0.3) is 0 Å². The number of carbonyl (C=O) groups excluding carboxylic acids is 1. The predicted octanol–water partition coefficient (Wildman–Crippen LogP) is 3.18. The molecule has 1 aromatic rings. The zero-order valence-corrected chi connectivity index (χ0v) is 14.6. The zero-order chi connectivity index (χ0) is 16.1. The Bertz CT molecular complexity index is 500. The van der Waals surface area contributed by atoms with Crippen molar-refractivity contribution in [3.63, 3.8) is 0 Å². The summed E-state index contributed by atoms with van der Waals surface area (Å²) in [6, 6.07) is 7.02. The number of nitrogens with zero attached hydrogens (tertiary/aromatic N) is 2. The zero-order valence-electron chi connectivity index (χ0n) is 14.6. The van der Waals surface area contributed by atoms with Gasteiger partial charge in [0.25, 0.3) is 0 Å². The van der Waals surface area contributed by atoms with Gasteiger partial charge >= 0.3 is 0 Å². The number of piperazine rings is 1. The van der Waals surface area contributed by atoms with E-state index in [-0.39, 0.29) is 5.91 Å². The summed E-state index contributed by atoms with van der Waals surface area (Å²) in [4.78, 5) is 17.1. The lowest BCUT2D eigenvalue weighted by molar-refractivity contribution is -0.132. The topological polar surface area (TPSA) is 23.6 Å². The summed E-state index contributed by atoms with van der Waals surface area (Å²) in [5.41, 5.74) is 3.69. The summed E-state index contributed by atoms with van der Waals surface area (Å²) in [5.74, 6) is 0.271. The molecule has 0 aromatic heterocycles. The van der Waals surface area contributed by atoms with Crippen molar-refractivity contribution >= 4 is 5.91 Å². The Kier molecular flexibility index (Phi) is 6.01. The predicted molar refractivity (Wildman–Crippen MR) is 92.1 cm³/mol. The molecule has 3 nitrogen and oxygen atoms in total. The fourth-order valence-corrected chi connectivity index (χ4v) is 3.34. The normalized spacial score (nSPS) is 16.3. The molecule has 1 aliphatic rings. The van der Waals surface area contributed by atoms with Crippen LogP contribution in [0.4, 0.5) is 0 Å². The lowest BCUT2D eigenvalue weighted by Crippen LogP contribution is -2.52. The second kappa shape index (κ2) is 7.77. The van der Waals surface area contributed by atoms with Crippen molar-refractivity contribution in [3.05, 3.63) is 34.9 Å². The van der Waals surface area contributed by atoms with Crippen molar-refractivity contribution in [2.24, 2.45) is 0 Å². The third-order valence-corrected chi connectivity index (χ3v) is 5.05. The minimum atomic E-state index is 0.271. The van der Waals surface area contributed by atoms with Crippen LogP contribution in [0.15, 0.2) is 18.2 Å². The number of aryl methyl sites for hydroxylation is 2. The molecule has 0 bridgehead atoms. The highest BCUT2D eigenvalue weighted by Crippen LogP contribution is 2.15. The second-order valence-electron chi connectivity index (χ2n) is 6.48. The minimum absolute atomic E-state index is 0.271. The van der Waals surface area contributed by atoms with Crippen molar-refractivity contribution in [1.82, 2.24) is 9.80 Å². The maximum Gasteiger partial charge on any atom is 0.227 e. The van der Waals surface area contributed by atoms with Gasteiger partial charge in [-0.1, -0.05) is 32.0 Å². The van der Waals surface area contributed by atoms with Crippen LogP contribution in [-0.4, -0.2) is 47.9 Å².